The summed E-state index contributed by atoms with van der Waals surface area (Å²) in [5.41, 5.74) is 0. The molecule has 2 rings (SSSR count). The van der Waals surface area contributed by atoms with Gasteiger partial charge in [0.1, 0.15) is 6.10 Å². The first-order valence-electron chi connectivity index (χ1n) is 4.39. The minimum absolute atomic E-state index is 0.00231. The highest BCUT2D eigenvalue weighted by Crippen LogP contribution is 2.38. The van der Waals surface area contributed by atoms with E-state index in [4.69, 9.17) is 9.47 Å². The van der Waals surface area contributed by atoms with Crippen molar-refractivity contribution in [1.29, 1.82) is 0 Å². The number of carbonyl (C=O) groups excluding carboxylic acids is 1. The highest BCUT2D eigenvalue weighted by Gasteiger charge is 2.51. The van der Waals surface area contributed by atoms with Crippen LogP contribution in [-0.4, -0.2) is 23.8 Å². The maximum absolute atomic E-state index is 11.5. The van der Waals surface area contributed by atoms with Crippen LogP contribution in [0.25, 0.3) is 0 Å². The number of hydrogen-bond acceptors (Lipinski definition) is 3. The van der Waals surface area contributed by atoms with E-state index in [9.17, 15) is 4.79 Å². The quantitative estimate of drug-likeness (QED) is 0.546. The molecule has 1 heterocycles. The van der Waals surface area contributed by atoms with Gasteiger partial charge in [0.15, 0.2) is 11.6 Å². The van der Waals surface area contributed by atoms with Gasteiger partial charge in [-0.2, -0.15) is 0 Å². The summed E-state index contributed by atoms with van der Waals surface area (Å²) < 4.78 is 11.1. The van der Waals surface area contributed by atoms with Gasteiger partial charge in [-0.1, -0.05) is 6.92 Å². The van der Waals surface area contributed by atoms with Crippen LogP contribution in [0.4, 0.5) is 0 Å². The van der Waals surface area contributed by atoms with Gasteiger partial charge < -0.3 is 9.47 Å². The molecular weight excluding hydrogens is 156 g/mol. The predicted octanol–water partition coefficient (Wildman–Crippen LogP) is 1.12. The lowest BCUT2D eigenvalue weighted by atomic mass is 10.1. The standard InChI is InChI=1S/C9H14O3/c1-5-4-6-8(7(5)10)12-9(2,3)11-6/h5-6,8H,4H2,1-3H3/t5-,6-,8-/m1/s1. The monoisotopic (exact) mass is 170 g/mol. The van der Waals surface area contributed by atoms with E-state index in [0.29, 0.717) is 0 Å². The molecule has 0 aromatic carbocycles. The molecule has 0 radical (unpaired) electrons. The summed E-state index contributed by atoms with van der Waals surface area (Å²) in [6.07, 6.45) is 0.518. The number of ether oxygens (including phenoxy) is 2. The summed E-state index contributed by atoms with van der Waals surface area (Å²) in [7, 11) is 0. The fraction of sp³-hybridized carbons (Fsp3) is 0.889. The maximum Gasteiger partial charge on any atom is 0.167 e. The number of rotatable bonds is 0. The van der Waals surface area contributed by atoms with Crippen molar-refractivity contribution in [3.05, 3.63) is 0 Å². The minimum Gasteiger partial charge on any atom is -0.344 e. The lowest BCUT2D eigenvalue weighted by Crippen LogP contribution is -2.27. The first-order valence-corrected chi connectivity index (χ1v) is 4.39. The molecule has 0 aromatic rings. The highest BCUT2D eigenvalue weighted by atomic mass is 16.8. The van der Waals surface area contributed by atoms with E-state index in [0.717, 1.165) is 6.42 Å². The van der Waals surface area contributed by atoms with E-state index < -0.39 is 5.79 Å². The number of hydrogen-bond donors (Lipinski definition) is 0. The molecule has 2 aliphatic rings. The summed E-state index contributed by atoms with van der Waals surface area (Å²) >= 11 is 0. The first kappa shape index (κ1) is 8.20. The van der Waals surface area contributed by atoms with Gasteiger partial charge in [0.2, 0.25) is 0 Å². The molecule has 0 N–H and O–H groups in total. The van der Waals surface area contributed by atoms with Gasteiger partial charge in [-0.15, -0.1) is 0 Å². The molecule has 12 heavy (non-hydrogen) atoms. The molecule has 2 fully saturated rings. The molecular formula is C9H14O3. The fourth-order valence-corrected chi connectivity index (χ4v) is 1.99. The van der Waals surface area contributed by atoms with Crippen LogP contribution in [0.15, 0.2) is 0 Å². The predicted molar refractivity (Wildman–Crippen MR) is 42.6 cm³/mol. The van der Waals surface area contributed by atoms with Crippen molar-refractivity contribution in [2.45, 2.75) is 45.2 Å². The topological polar surface area (TPSA) is 35.5 Å². The zero-order chi connectivity index (χ0) is 8.93. The molecule has 68 valence electrons. The summed E-state index contributed by atoms with van der Waals surface area (Å²) in [4.78, 5) is 11.5. The van der Waals surface area contributed by atoms with Gasteiger partial charge in [0, 0.05) is 5.92 Å². The van der Waals surface area contributed by atoms with E-state index in [1.807, 2.05) is 20.8 Å². The van der Waals surface area contributed by atoms with E-state index >= 15 is 0 Å². The van der Waals surface area contributed by atoms with Gasteiger partial charge in [-0.25, -0.2) is 0 Å². The second-order valence-electron chi connectivity index (χ2n) is 4.13. The zero-order valence-electron chi connectivity index (χ0n) is 7.66. The van der Waals surface area contributed by atoms with E-state index in [1.54, 1.807) is 0 Å². The van der Waals surface area contributed by atoms with Crippen molar-refractivity contribution in [3.8, 4) is 0 Å². The van der Waals surface area contributed by atoms with Crippen molar-refractivity contribution in [3.63, 3.8) is 0 Å². The summed E-state index contributed by atoms with van der Waals surface area (Å²) in [6.45, 7) is 5.63. The molecule has 0 aromatic heterocycles. The SMILES string of the molecule is C[C@@H]1C[C@H]2OC(C)(C)O[C@H]2C1=O. The Morgan fingerprint density at radius 3 is 2.67 bits per heavy atom. The molecule has 1 aliphatic heterocycles. The van der Waals surface area contributed by atoms with E-state index in [2.05, 4.69) is 0 Å². The molecule has 1 aliphatic carbocycles. The van der Waals surface area contributed by atoms with Crippen LogP contribution >= 0.6 is 0 Å². The van der Waals surface area contributed by atoms with Gasteiger partial charge in [-0.05, 0) is 20.3 Å². The molecule has 0 spiro atoms. The molecule has 1 saturated heterocycles. The summed E-state index contributed by atoms with van der Waals surface area (Å²) in [5.74, 6) is -0.257. The first-order chi connectivity index (χ1) is 5.49. The highest BCUT2D eigenvalue weighted by molar-refractivity contribution is 5.88. The molecule has 0 amide bonds. The lowest BCUT2D eigenvalue weighted by molar-refractivity contribution is -0.162. The lowest BCUT2D eigenvalue weighted by Gasteiger charge is -2.18. The van der Waals surface area contributed by atoms with Gasteiger partial charge in [-0.3, -0.25) is 4.79 Å². The average molecular weight is 170 g/mol. The summed E-state index contributed by atoms with van der Waals surface area (Å²) in [5, 5.41) is 0. The van der Waals surface area contributed by atoms with Crippen LogP contribution in [0, 0.1) is 5.92 Å². The average Bonchev–Trinajstić information content (AvgIpc) is 2.33. The van der Waals surface area contributed by atoms with Gasteiger partial charge in [0.05, 0.1) is 6.10 Å². The zero-order valence-corrected chi connectivity index (χ0v) is 7.66. The minimum atomic E-state index is -0.564. The van der Waals surface area contributed by atoms with Crippen molar-refractivity contribution in [1.82, 2.24) is 0 Å². The van der Waals surface area contributed by atoms with Crippen LogP contribution in [0.1, 0.15) is 27.2 Å². The number of ketones is 1. The summed E-state index contributed by atoms with van der Waals surface area (Å²) in [6, 6.07) is 0. The Balaban J connectivity index is 2.16. The maximum atomic E-state index is 11.5. The van der Waals surface area contributed by atoms with Crippen LogP contribution in [0.3, 0.4) is 0 Å². The van der Waals surface area contributed by atoms with Gasteiger partial charge in [0.25, 0.3) is 0 Å². The van der Waals surface area contributed by atoms with Gasteiger partial charge >= 0.3 is 0 Å². The van der Waals surface area contributed by atoms with Crippen LogP contribution in [0.2, 0.25) is 0 Å². The van der Waals surface area contributed by atoms with Crippen LogP contribution < -0.4 is 0 Å². The Hall–Kier alpha value is -0.410. The normalized spacial score (nSPS) is 44.9. The Morgan fingerprint density at radius 2 is 2.08 bits per heavy atom. The molecule has 3 nitrogen and oxygen atoms in total. The molecule has 1 saturated carbocycles. The Kier molecular flexibility index (Phi) is 1.57. The molecule has 3 atom stereocenters. The Bertz CT molecular complexity index is 222. The third kappa shape index (κ3) is 1.08. The van der Waals surface area contributed by atoms with E-state index in [-0.39, 0.29) is 23.9 Å². The van der Waals surface area contributed by atoms with Crippen molar-refractivity contribution >= 4 is 5.78 Å². The second kappa shape index (κ2) is 2.30. The molecule has 0 bridgehead atoms. The Labute approximate surface area is 72.0 Å². The smallest absolute Gasteiger partial charge is 0.167 e. The largest absolute Gasteiger partial charge is 0.344 e. The molecule has 0 unspecified atom stereocenters. The molecule has 3 heteroatoms. The fourth-order valence-electron chi connectivity index (χ4n) is 1.99. The number of Topliss-reactive ketones (excluding diaryl/α,β-unsaturated/α-hetero) is 1. The third-order valence-electron chi connectivity index (χ3n) is 2.54. The van der Waals surface area contributed by atoms with Crippen LogP contribution in [-0.2, 0) is 14.3 Å². The van der Waals surface area contributed by atoms with E-state index in [1.165, 1.54) is 0 Å². The van der Waals surface area contributed by atoms with Crippen molar-refractivity contribution in [2.24, 2.45) is 5.92 Å². The number of fused-ring (bicyclic) bond motifs is 1. The number of carbonyl (C=O) groups is 1. The Morgan fingerprint density at radius 1 is 1.42 bits per heavy atom. The van der Waals surface area contributed by atoms with Crippen LogP contribution in [0.5, 0.6) is 0 Å². The third-order valence-corrected chi connectivity index (χ3v) is 2.54. The second-order valence-corrected chi connectivity index (χ2v) is 4.13. The van der Waals surface area contributed by atoms with Crippen molar-refractivity contribution in [2.75, 3.05) is 0 Å². The van der Waals surface area contributed by atoms with Crippen molar-refractivity contribution < 1.29 is 14.3 Å².